The fraction of sp³-hybridized carbons (Fsp3) is 0.176. The second-order valence-electron chi connectivity index (χ2n) is 5.25. The standard InChI is InChI=1S/C17H16O6S/c18-13-7-5-12(6-8-13)11-14(19)9-10-24(22,23)16-4-2-1-3-15(16)17(20)21/h1-8,18H,9-11H2,(H,20,21). The molecule has 2 aromatic rings. The van der Waals surface area contributed by atoms with Gasteiger partial charge in [0.05, 0.1) is 16.2 Å². The highest BCUT2D eigenvalue weighted by Gasteiger charge is 2.22. The maximum absolute atomic E-state index is 12.3. The molecule has 2 aromatic carbocycles. The Labute approximate surface area is 139 Å². The molecule has 0 spiro atoms. The van der Waals surface area contributed by atoms with Crippen LogP contribution in [0.5, 0.6) is 5.75 Å². The number of ketones is 1. The summed E-state index contributed by atoms with van der Waals surface area (Å²) in [5, 5.41) is 18.3. The smallest absolute Gasteiger partial charge is 0.337 e. The minimum atomic E-state index is -3.87. The van der Waals surface area contributed by atoms with Gasteiger partial charge in [-0.05, 0) is 29.8 Å². The fourth-order valence-electron chi connectivity index (χ4n) is 2.20. The van der Waals surface area contributed by atoms with Gasteiger partial charge in [0.1, 0.15) is 11.5 Å². The Morgan fingerprint density at radius 1 is 0.958 bits per heavy atom. The normalized spacial score (nSPS) is 11.2. The SMILES string of the molecule is O=C(CCS(=O)(=O)c1ccccc1C(=O)O)Cc1ccc(O)cc1. The first-order valence-corrected chi connectivity index (χ1v) is 8.79. The Bertz CT molecular complexity index is 853. The number of hydrogen-bond acceptors (Lipinski definition) is 5. The van der Waals surface area contributed by atoms with Crippen molar-refractivity contribution < 1.29 is 28.2 Å². The topological polar surface area (TPSA) is 109 Å². The zero-order valence-corrected chi connectivity index (χ0v) is 13.5. The van der Waals surface area contributed by atoms with Crippen molar-refractivity contribution in [1.82, 2.24) is 0 Å². The van der Waals surface area contributed by atoms with Crippen LogP contribution in [0.1, 0.15) is 22.3 Å². The number of phenols is 1. The van der Waals surface area contributed by atoms with E-state index in [0.29, 0.717) is 5.56 Å². The lowest BCUT2D eigenvalue weighted by Gasteiger charge is -2.07. The van der Waals surface area contributed by atoms with Crippen LogP contribution in [0, 0.1) is 0 Å². The number of sulfone groups is 1. The Morgan fingerprint density at radius 3 is 2.21 bits per heavy atom. The quantitative estimate of drug-likeness (QED) is 0.793. The molecule has 0 aliphatic rings. The largest absolute Gasteiger partial charge is 0.508 e. The molecule has 0 unspecified atom stereocenters. The van der Waals surface area contributed by atoms with Crippen molar-refractivity contribution in [3.63, 3.8) is 0 Å². The van der Waals surface area contributed by atoms with E-state index in [9.17, 15) is 23.1 Å². The first kappa shape index (κ1) is 17.7. The van der Waals surface area contributed by atoms with Crippen LogP contribution >= 0.6 is 0 Å². The maximum Gasteiger partial charge on any atom is 0.337 e. The number of carboxylic acids is 1. The van der Waals surface area contributed by atoms with Gasteiger partial charge in [-0.15, -0.1) is 0 Å². The zero-order valence-electron chi connectivity index (χ0n) is 12.7. The molecule has 0 aromatic heterocycles. The minimum Gasteiger partial charge on any atom is -0.508 e. The van der Waals surface area contributed by atoms with Crippen molar-refractivity contribution in [3.8, 4) is 5.75 Å². The lowest BCUT2D eigenvalue weighted by molar-refractivity contribution is -0.118. The summed E-state index contributed by atoms with van der Waals surface area (Å²) in [5.41, 5.74) is 0.365. The van der Waals surface area contributed by atoms with Gasteiger partial charge < -0.3 is 10.2 Å². The average molecular weight is 348 g/mol. The lowest BCUT2D eigenvalue weighted by atomic mass is 10.1. The van der Waals surface area contributed by atoms with Crippen molar-refractivity contribution in [2.75, 3.05) is 5.75 Å². The number of benzene rings is 2. The van der Waals surface area contributed by atoms with Gasteiger partial charge in [-0.2, -0.15) is 0 Å². The molecule has 126 valence electrons. The summed E-state index contributed by atoms with van der Waals surface area (Å²) in [7, 11) is -3.87. The van der Waals surface area contributed by atoms with Crippen LogP contribution in [0.4, 0.5) is 0 Å². The van der Waals surface area contributed by atoms with Gasteiger partial charge in [0.15, 0.2) is 9.84 Å². The van der Waals surface area contributed by atoms with Crippen molar-refractivity contribution >= 4 is 21.6 Å². The van der Waals surface area contributed by atoms with Crippen LogP contribution in [0.25, 0.3) is 0 Å². The van der Waals surface area contributed by atoms with E-state index in [-0.39, 0.29) is 34.8 Å². The van der Waals surface area contributed by atoms with Crippen LogP contribution in [-0.2, 0) is 21.1 Å². The highest BCUT2D eigenvalue weighted by atomic mass is 32.2. The van der Waals surface area contributed by atoms with Crippen molar-refractivity contribution in [3.05, 3.63) is 59.7 Å². The second-order valence-corrected chi connectivity index (χ2v) is 7.33. The Morgan fingerprint density at radius 2 is 1.58 bits per heavy atom. The second kappa shape index (κ2) is 7.27. The van der Waals surface area contributed by atoms with Gasteiger partial charge in [0.2, 0.25) is 0 Å². The summed E-state index contributed by atoms with van der Waals surface area (Å²) in [6, 6.07) is 11.4. The van der Waals surface area contributed by atoms with E-state index < -0.39 is 21.6 Å². The van der Waals surface area contributed by atoms with Crippen molar-refractivity contribution in [2.24, 2.45) is 0 Å². The third kappa shape index (κ3) is 4.42. The van der Waals surface area contributed by atoms with E-state index in [2.05, 4.69) is 0 Å². The number of hydrogen-bond donors (Lipinski definition) is 2. The van der Waals surface area contributed by atoms with Gasteiger partial charge >= 0.3 is 5.97 Å². The van der Waals surface area contributed by atoms with Gasteiger partial charge in [-0.1, -0.05) is 24.3 Å². The van der Waals surface area contributed by atoms with Gasteiger partial charge in [0.25, 0.3) is 0 Å². The minimum absolute atomic E-state index is 0.0520. The van der Waals surface area contributed by atoms with Gasteiger partial charge in [-0.25, -0.2) is 13.2 Å². The third-order valence-corrected chi connectivity index (χ3v) is 5.21. The summed E-state index contributed by atoms with van der Waals surface area (Å²) >= 11 is 0. The molecule has 6 nitrogen and oxygen atoms in total. The van der Waals surface area contributed by atoms with Gasteiger partial charge in [0, 0.05) is 12.8 Å². The summed E-state index contributed by atoms with van der Waals surface area (Å²) in [6.45, 7) is 0. The number of carboxylic acid groups (broad SMARTS) is 1. The van der Waals surface area contributed by atoms with Crippen LogP contribution in [0.3, 0.4) is 0 Å². The molecule has 0 aliphatic carbocycles. The molecular formula is C17H16O6S. The van der Waals surface area contributed by atoms with E-state index in [1.165, 1.54) is 36.4 Å². The molecule has 0 amide bonds. The number of aromatic hydroxyl groups is 1. The van der Waals surface area contributed by atoms with Crippen molar-refractivity contribution in [1.29, 1.82) is 0 Å². The summed E-state index contributed by atoms with van der Waals surface area (Å²) in [4.78, 5) is 22.8. The van der Waals surface area contributed by atoms with Crippen LogP contribution < -0.4 is 0 Å². The number of carbonyl (C=O) groups excluding carboxylic acids is 1. The third-order valence-electron chi connectivity index (χ3n) is 3.44. The fourth-order valence-corrected chi connectivity index (χ4v) is 3.70. The number of carbonyl (C=O) groups is 2. The molecule has 0 aliphatic heterocycles. The number of Topliss-reactive ketones (excluding diaryl/α,β-unsaturated/α-hetero) is 1. The highest BCUT2D eigenvalue weighted by molar-refractivity contribution is 7.91. The van der Waals surface area contributed by atoms with Crippen LogP contribution in [-0.4, -0.2) is 36.1 Å². The first-order chi connectivity index (χ1) is 11.3. The molecule has 0 radical (unpaired) electrons. The van der Waals surface area contributed by atoms with E-state index in [0.717, 1.165) is 0 Å². The van der Waals surface area contributed by atoms with E-state index in [1.54, 1.807) is 12.1 Å². The summed E-state index contributed by atoms with van der Waals surface area (Å²) in [6.07, 6.45) is -0.159. The average Bonchev–Trinajstić information content (AvgIpc) is 2.55. The predicted octanol–water partition coefficient (Wildman–Crippen LogP) is 2.07. The highest BCUT2D eigenvalue weighted by Crippen LogP contribution is 2.18. The molecule has 0 atom stereocenters. The molecule has 0 saturated carbocycles. The predicted molar refractivity (Wildman–Crippen MR) is 86.9 cm³/mol. The monoisotopic (exact) mass is 348 g/mol. The molecular weight excluding hydrogens is 332 g/mol. The molecule has 7 heteroatoms. The molecule has 0 fully saturated rings. The molecule has 0 bridgehead atoms. The van der Waals surface area contributed by atoms with E-state index >= 15 is 0 Å². The van der Waals surface area contributed by atoms with Crippen molar-refractivity contribution in [2.45, 2.75) is 17.7 Å². The lowest BCUT2D eigenvalue weighted by Crippen LogP contribution is -2.16. The molecule has 0 heterocycles. The number of phenolic OH excluding ortho intramolecular Hbond substituents is 1. The molecule has 24 heavy (non-hydrogen) atoms. The first-order valence-electron chi connectivity index (χ1n) is 7.14. The maximum atomic E-state index is 12.3. The summed E-state index contributed by atoms with van der Waals surface area (Å²) in [5.74, 6) is -1.98. The molecule has 2 N–H and O–H groups in total. The van der Waals surface area contributed by atoms with E-state index in [1.807, 2.05) is 0 Å². The molecule has 2 rings (SSSR count). The van der Waals surface area contributed by atoms with Crippen LogP contribution in [0.2, 0.25) is 0 Å². The zero-order chi connectivity index (χ0) is 17.7. The molecule has 0 saturated heterocycles. The number of rotatable bonds is 7. The number of aromatic carboxylic acids is 1. The Kier molecular flexibility index (Phi) is 5.35. The Balaban J connectivity index is 2.06. The van der Waals surface area contributed by atoms with Gasteiger partial charge in [-0.3, -0.25) is 4.79 Å². The van der Waals surface area contributed by atoms with Crippen LogP contribution in [0.15, 0.2) is 53.4 Å². The van der Waals surface area contributed by atoms with E-state index in [4.69, 9.17) is 5.11 Å². The Hall–Kier alpha value is -2.67. The summed E-state index contributed by atoms with van der Waals surface area (Å²) < 4.78 is 24.6.